The summed E-state index contributed by atoms with van der Waals surface area (Å²) in [5.41, 5.74) is 1.47. The summed E-state index contributed by atoms with van der Waals surface area (Å²) in [7, 11) is 1.41. The Morgan fingerprint density at radius 1 is 1.09 bits per heavy atom. The van der Waals surface area contributed by atoms with E-state index in [9.17, 15) is 14.9 Å². The molecule has 0 fully saturated rings. The number of halogens is 1. The molecule has 0 bridgehead atoms. The Kier molecular flexibility index (Phi) is 6.23. The van der Waals surface area contributed by atoms with Gasteiger partial charge in [-0.1, -0.05) is 17.7 Å². The smallest absolute Gasteiger partial charge is 0.313 e. The van der Waals surface area contributed by atoms with E-state index in [1.54, 1.807) is 24.8 Å². The van der Waals surface area contributed by atoms with Crippen LogP contribution in [0, 0.1) is 10.1 Å². The average molecular weight is 465 g/mol. The third-order valence-corrected chi connectivity index (χ3v) is 4.91. The van der Waals surface area contributed by atoms with Gasteiger partial charge in [0.25, 0.3) is 5.91 Å². The lowest BCUT2D eigenvalue weighted by Gasteiger charge is -2.13. The maximum Gasteiger partial charge on any atom is 0.313 e. The Morgan fingerprint density at radius 3 is 2.64 bits per heavy atom. The van der Waals surface area contributed by atoms with Crippen LogP contribution in [0.1, 0.15) is 10.4 Å². The standard InChI is InChI=1S/C23H17ClN4O5/c1-32-22-11-15(5-7-21(22)33-20-8-6-16(24)12-19(20)28(30)31)23(29)26-17-3-2-4-18(13-17)27-10-9-25-14-27/h2-14H,1H3,(H,26,29). The second kappa shape index (κ2) is 9.41. The lowest BCUT2D eigenvalue weighted by molar-refractivity contribution is -0.385. The first-order chi connectivity index (χ1) is 15.9. The van der Waals surface area contributed by atoms with Crippen LogP contribution in [0.5, 0.6) is 17.2 Å². The van der Waals surface area contributed by atoms with Crippen LogP contribution in [0.2, 0.25) is 5.02 Å². The number of anilines is 1. The summed E-state index contributed by atoms with van der Waals surface area (Å²) in [6, 6.07) is 15.9. The van der Waals surface area contributed by atoms with E-state index in [0.29, 0.717) is 11.3 Å². The van der Waals surface area contributed by atoms with Gasteiger partial charge in [0.2, 0.25) is 5.75 Å². The molecule has 4 rings (SSSR count). The highest BCUT2D eigenvalue weighted by atomic mass is 35.5. The minimum atomic E-state index is -0.590. The summed E-state index contributed by atoms with van der Waals surface area (Å²) < 4.78 is 12.9. The molecule has 4 aromatic rings. The van der Waals surface area contributed by atoms with Crippen LogP contribution in [-0.2, 0) is 0 Å². The van der Waals surface area contributed by atoms with Crippen LogP contribution < -0.4 is 14.8 Å². The number of aromatic nitrogens is 2. The van der Waals surface area contributed by atoms with E-state index < -0.39 is 4.92 Å². The molecule has 0 saturated carbocycles. The van der Waals surface area contributed by atoms with Gasteiger partial charge in [0.1, 0.15) is 0 Å². The fourth-order valence-electron chi connectivity index (χ4n) is 3.09. The fraction of sp³-hybridized carbons (Fsp3) is 0.0435. The number of rotatable bonds is 7. The largest absolute Gasteiger partial charge is 0.493 e. The van der Waals surface area contributed by atoms with Gasteiger partial charge in [-0.25, -0.2) is 4.98 Å². The first-order valence-electron chi connectivity index (χ1n) is 9.64. The molecule has 0 aliphatic heterocycles. The van der Waals surface area contributed by atoms with Crippen LogP contribution in [0.3, 0.4) is 0 Å². The number of amides is 1. The van der Waals surface area contributed by atoms with Crippen LogP contribution >= 0.6 is 11.6 Å². The normalized spacial score (nSPS) is 10.5. The van der Waals surface area contributed by atoms with Gasteiger partial charge in [-0.2, -0.15) is 0 Å². The van der Waals surface area contributed by atoms with Gasteiger partial charge in [-0.15, -0.1) is 0 Å². The third-order valence-electron chi connectivity index (χ3n) is 4.67. The van der Waals surface area contributed by atoms with Gasteiger partial charge in [0, 0.05) is 40.4 Å². The SMILES string of the molecule is COc1cc(C(=O)Nc2cccc(-n3ccnc3)c2)ccc1Oc1ccc(Cl)cc1[N+](=O)[O-]. The summed E-state index contributed by atoms with van der Waals surface area (Å²) in [6.07, 6.45) is 5.13. The summed E-state index contributed by atoms with van der Waals surface area (Å²) in [5, 5.41) is 14.4. The van der Waals surface area contributed by atoms with E-state index in [1.165, 1.54) is 43.5 Å². The van der Waals surface area contributed by atoms with Crippen molar-refractivity contribution in [3.05, 3.63) is 100 Å². The van der Waals surface area contributed by atoms with Crippen LogP contribution in [0.4, 0.5) is 11.4 Å². The van der Waals surface area contributed by atoms with Crippen molar-refractivity contribution in [2.45, 2.75) is 0 Å². The second-order valence-corrected chi connectivity index (χ2v) is 7.25. The molecule has 0 spiro atoms. The number of ether oxygens (including phenoxy) is 2. The van der Waals surface area contributed by atoms with Crippen LogP contribution in [0.15, 0.2) is 79.4 Å². The fourth-order valence-corrected chi connectivity index (χ4v) is 3.26. The highest BCUT2D eigenvalue weighted by Gasteiger charge is 2.19. The molecule has 1 heterocycles. The molecule has 9 nitrogen and oxygen atoms in total. The number of benzene rings is 3. The highest BCUT2D eigenvalue weighted by molar-refractivity contribution is 6.30. The molecule has 166 valence electrons. The maximum atomic E-state index is 12.8. The van der Waals surface area contributed by atoms with E-state index in [0.717, 1.165) is 5.69 Å². The number of imidazole rings is 1. The van der Waals surface area contributed by atoms with Crippen LogP contribution in [0.25, 0.3) is 5.69 Å². The Morgan fingerprint density at radius 2 is 1.91 bits per heavy atom. The minimum Gasteiger partial charge on any atom is -0.493 e. The summed E-state index contributed by atoms with van der Waals surface area (Å²) >= 11 is 5.85. The molecular formula is C23H17ClN4O5. The first kappa shape index (κ1) is 21.8. The van der Waals surface area contributed by atoms with E-state index in [4.69, 9.17) is 21.1 Å². The Bertz CT molecular complexity index is 1320. The zero-order valence-electron chi connectivity index (χ0n) is 17.3. The van der Waals surface area contributed by atoms with Gasteiger partial charge in [-0.3, -0.25) is 14.9 Å². The molecule has 3 aromatic carbocycles. The number of carbonyl (C=O) groups excluding carboxylic acids is 1. The molecule has 0 aliphatic carbocycles. The van der Waals surface area contributed by atoms with Crippen molar-refractivity contribution in [2.75, 3.05) is 12.4 Å². The van der Waals surface area contributed by atoms with Crippen molar-refractivity contribution in [3.63, 3.8) is 0 Å². The van der Waals surface area contributed by atoms with Crippen molar-refractivity contribution < 1.29 is 19.2 Å². The van der Waals surface area contributed by atoms with Crippen molar-refractivity contribution >= 4 is 28.9 Å². The van der Waals surface area contributed by atoms with Crippen molar-refractivity contribution in [1.29, 1.82) is 0 Å². The summed E-state index contributed by atoms with van der Waals surface area (Å²) in [5.74, 6) is 0.0805. The number of nitro benzene ring substituents is 1. The summed E-state index contributed by atoms with van der Waals surface area (Å²) in [6.45, 7) is 0. The summed E-state index contributed by atoms with van der Waals surface area (Å²) in [4.78, 5) is 27.5. The van der Waals surface area contributed by atoms with Crippen molar-refractivity contribution in [2.24, 2.45) is 0 Å². The van der Waals surface area contributed by atoms with Gasteiger partial charge >= 0.3 is 5.69 Å². The number of methoxy groups -OCH3 is 1. The zero-order valence-corrected chi connectivity index (χ0v) is 18.0. The third kappa shape index (κ3) is 4.94. The second-order valence-electron chi connectivity index (χ2n) is 6.81. The van der Waals surface area contributed by atoms with Crippen molar-refractivity contribution in [3.8, 4) is 22.9 Å². The predicted molar refractivity (Wildman–Crippen MR) is 123 cm³/mol. The Labute approximate surface area is 193 Å². The molecule has 0 atom stereocenters. The zero-order chi connectivity index (χ0) is 23.4. The van der Waals surface area contributed by atoms with E-state index in [2.05, 4.69) is 10.3 Å². The molecule has 1 amide bonds. The van der Waals surface area contributed by atoms with Gasteiger partial charge in [0.05, 0.1) is 18.4 Å². The van der Waals surface area contributed by atoms with Gasteiger partial charge in [-0.05, 0) is 48.5 Å². The van der Waals surface area contributed by atoms with Crippen LogP contribution in [-0.4, -0.2) is 27.5 Å². The number of hydrogen-bond donors (Lipinski definition) is 1. The number of nitrogens with zero attached hydrogens (tertiary/aromatic N) is 3. The minimum absolute atomic E-state index is 0.00350. The maximum absolute atomic E-state index is 12.8. The lowest BCUT2D eigenvalue weighted by Crippen LogP contribution is -2.12. The van der Waals surface area contributed by atoms with E-state index >= 15 is 0 Å². The number of nitro groups is 1. The topological polar surface area (TPSA) is 109 Å². The highest BCUT2D eigenvalue weighted by Crippen LogP contribution is 2.38. The first-order valence-corrected chi connectivity index (χ1v) is 10.0. The van der Waals surface area contributed by atoms with E-state index in [-0.39, 0.29) is 33.9 Å². The quantitative estimate of drug-likeness (QED) is 0.286. The molecule has 1 N–H and O–H groups in total. The van der Waals surface area contributed by atoms with Gasteiger partial charge in [0.15, 0.2) is 11.5 Å². The number of hydrogen-bond acceptors (Lipinski definition) is 6. The molecule has 33 heavy (non-hydrogen) atoms. The molecule has 0 radical (unpaired) electrons. The number of carbonyl (C=O) groups is 1. The lowest BCUT2D eigenvalue weighted by atomic mass is 10.1. The molecule has 0 aliphatic rings. The molecule has 0 unspecified atom stereocenters. The Hall–Kier alpha value is -4.37. The molecule has 1 aromatic heterocycles. The average Bonchev–Trinajstić information content (AvgIpc) is 3.35. The Balaban J connectivity index is 1.55. The number of nitrogens with one attached hydrogen (secondary N) is 1. The van der Waals surface area contributed by atoms with Gasteiger partial charge < -0.3 is 19.4 Å². The van der Waals surface area contributed by atoms with Crippen molar-refractivity contribution in [1.82, 2.24) is 9.55 Å². The van der Waals surface area contributed by atoms with E-state index in [1.807, 2.05) is 22.8 Å². The molecular weight excluding hydrogens is 448 g/mol. The molecule has 0 saturated heterocycles. The molecule has 10 heteroatoms. The predicted octanol–water partition coefficient (Wildman–Crippen LogP) is 5.49. The monoisotopic (exact) mass is 464 g/mol.